The van der Waals surface area contributed by atoms with Gasteiger partial charge in [-0.15, -0.1) is 0 Å². The molecule has 4 heteroatoms. The first-order valence-corrected chi connectivity index (χ1v) is 12.3. The number of ketones is 1. The monoisotopic (exact) mass is 472 g/mol. The van der Waals surface area contributed by atoms with Gasteiger partial charge < -0.3 is 10.6 Å². The third-order valence-electron chi connectivity index (χ3n) is 6.11. The Labute approximate surface area is 210 Å². The minimum Gasteiger partial charge on any atom is -0.355 e. The summed E-state index contributed by atoms with van der Waals surface area (Å²) in [7, 11) is 0. The zero-order valence-corrected chi connectivity index (χ0v) is 22.1. The summed E-state index contributed by atoms with van der Waals surface area (Å²) in [5.74, 6) is 0.350. The zero-order valence-electron chi connectivity index (χ0n) is 21.3. The van der Waals surface area contributed by atoms with Crippen LogP contribution in [0, 0.1) is 19.8 Å². The molecule has 0 aliphatic rings. The molecule has 0 radical (unpaired) electrons. The fraction of sp³-hybridized carbons (Fsp3) is 0.333. The average Bonchev–Trinajstić information content (AvgIpc) is 2.77. The zero-order chi connectivity index (χ0) is 25.0. The second kappa shape index (κ2) is 10.5. The van der Waals surface area contributed by atoms with Gasteiger partial charge in [-0.2, -0.15) is 0 Å². The minimum absolute atomic E-state index is 0.00155. The number of nitrogens with one attached hydrogen (secondary N) is 2. The molecule has 0 bridgehead atoms. The van der Waals surface area contributed by atoms with Gasteiger partial charge in [-0.1, -0.05) is 94.8 Å². The number of hydrogen-bond acceptors (Lipinski definition) is 2. The lowest BCUT2D eigenvalue weighted by molar-refractivity contribution is 0.103. The highest BCUT2D eigenvalue weighted by atomic mass is 32.1. The number of anilines is 1. The topological polar surface area (TPSA) is 41.1 Å². The Hall–Kier alpha value is -2.98. The average molecular weight is 473 g/mol. The Morgan fingerprint density at radius 2 is 1.56 bits per heavy atom. The minimum atomic E-state index is -0.00155. The number of thiocarbonyl (C=S) groups is 1. The smallest absolute Gasteiger partial charge is 0.193 e. The summed E-state index contributed by atoms with van der Waals surface area (Å²) in [6.45, 7) is 15.1. The molecule has 0 aliphatic heterocycles. The molecule has 0 aliphatic carbocycles. The Morgan fingerprint density at radius 3 is 2.15 bits per heavy atom. The van der Waals surface area contributed by atoms with Crippen molar-refractivity contribution in [2.45, 2.75) is 59.9 Å². The third-order valence-corrected chi connectivity index (χ3v) is 6.33. The van der Waals surface area contributed by atoms with Crippen LogP contribution in [0.1, 0.15) is 78.8 Å². The van der Waals surface area contributed by atoms with Crippen molar-refractivity contribution < 1.29 is 4.79 Å². The van der Waals surface area contributed by atoms with E-state index in [1.54, 1.807) is 0 Å². The van der Waals surface area contributed by atoms with Crippen molar-refractivity contribution >= 4 is 28.8 Å². The maximum atomic E-state index is 13.1. The first-order valence-electron chi connectivity index (χ1n) is 11.9. The summed E-state index contributed by atoms with van der Waals surface area (Å²) in [5, 5.41) is 7.29. The Bertz CT molecular complexity index is 1170. The van der Waals surface area contributed by atoms with E-state index in [0.717, 1.165) is 5.69 Å². The van der Waals surface area contributed by atoms with Crippen LogP contribution in [0.5, 0.6) is 0 Å². The molecule has 3 rings (SSSR count). The maximum absolute atomic E-state index is 13.1. The molecule has 0 unspecified atom stereocenters. The van der Waals surface area contributed by atoms with Crippen molar-refractivity contribution in [3.05, 3.63) is 100 Å². The predicted molar refractivity (Wildman–Crippen MR) is 148 cm³/mol. The highest BCUT2D eigenvalue weighted by Gasteiger charge is 2.19. The maximum Gasteiger partial charge on any atom is 0.193 e. The molecule has 0 fully saturated rings. The molecule has 34 heavy (non-hydrogen) atoms. The van der Waals surface area contributed by atoms with Crippen LogP contribution in [-0.2, 0) is 5.41 Å². The Kier molecular flexibility index (Phi) is 7.93. The highest BCUT2D eigenvalue weighted by molar-refractivity contribution is 7.80. The van der Waals surface area contributed by atoms with E-state index in [1.165, 1.54) is 22.3 Å². The molecule has 2 N–H and O–H groups in total. The van der Waals surface area contributed by atoms with Gasteiger partial charge in [0.05, 0.1) is 6.04 Å². The van der Waals surface area contributed by atoms with Crippen LogP contribution in [0.15, 0.2) is 66.7 Å². The summed E-state index contributed by atoms with van der Waals surface area (Å²) in [6.07, 6.45) is 0. The largest absolute Gasteiger partial charge is 0.355 e. The van der Waals surface area contributed by atoms with Crippen molar-refractivity contribution in [3.8, 4) is 0 Å². The normalized spacial score (nSPS) is 12.4. The molecule has 0 aromatic heterocycles. The molecule has 0 saturated heterocycles. The lowest BCUT2D eigenvalue weighted by Crippen LogP contribution is -2.35. The van der Waals surface area contributed by atoms with E-state index >= 15 is 0 Å². The van der Waals surface area contributed by atoms with Crippen LogP contribution >= 0.6 is 12.2 Å². The second-order valence-electron chi connectivity index (χ2n) is 10.4. The van der Waals surface area contributed by atoms with E-state index in [4.69, 9.17) is 12.2 Å². The molecule has 0 heterocycles. The van der Waals surface area contributed by atoms with Gasteiger partial charge in [-0.25, -0.2) is 0 Å². The van der Waals surface area contributed by atoms with E-state index in [0.29, 0.717) is 22.2 Å². The number of aryl methyl sites for hydroxylation is 2. The van der Waals surface area contributed by atoms with Crippen molar-refractivity contribution in [1.29, 1.82) is 0 Å². The van der Waals surface area contributed by atoms with Crippen LogP contribution in [0.25, 0.3) is 0 Å². The van der Waals surface area contributed by atoms with Crippen LogP contribution in [0.2, 0.25) is 0 Å². The number of rotatable bonds is 6. The quantitative estimate of drug-likeness (QED) is 0.288. The molecule has 0 saturated carbocycles. The first-order chi connectivity index (χ1) is 16.0. The van der Waals surface area contributed by atoms with Gasteiger partial charge >= 0.3 is 0 Å². The molecule has 178 valence electrons. The summed E-state index contributed by atoms with van der Waals surface area (Å²) >= 11 is 5.64. The molecule has 3 aromatic carbocycles. The van der Waals surface area contributed by atoms with E-state index in [9.17, 15) is 4.79 Å². The van der Waals surface area contributed by atoms with Gasteiger partial charge in [-0.3, -0.25) is 4.79 Å². The number of carbonyl (C=O) groups excluding carboxylic acids is 1. The van der Waals surface area contributed by atoms with Gasteiger partial charge in [0.15, 0.2) is 10.9 Å². The second-order valence-corrected chi connectivity index (χ2v) is 10.8. The first kappa shape index (κ1) is 25.6. The summed E-state index contributed by atoms with van der Waals surface area (Å²) in [4.78, 5) is 13.1. The lowest BCUT2D eigenvalue weighted by atomic mass is 9.86. The predicted octanol–water partition coefficient (Wildman–Crippen LogP) is 7.52. The highest BCUT2D eigenvalue weighted by Crippen LogP contribution is 2.26. The number of carbonyl (C=O) groups is 1. The van der Waals surface area contributed by atoms with Crippen LogP contribution in [-0.4, -0.2) is 10.9 Å². The van der Waals surface area contributed by atoms with E-state index in [1.807, 2.05) is 48.5 Å². The molecular weight excluding hydrogens is 436 g/mol. The van der Waals surface area contributed by atoms with Gasteiger partial charge in [0.25, 0.3) is 0 Å². The lowest BCUT2D eigenvalue weighted by Gasteiger charge is -2.26. The molecule has 0 spiro atoms. The van der Waals surface area contributed by atoms with Crippen molar-refractivity contribution in [3.63, 3.8) is 0 Å². The standard InChI is InChI=1S/C30H36N2OS/c1-19(2)27(26-16-11-20(3)17-21(26)4)32-29(34)31-25-10-8-9-23(18-25)28(33)22-12-14-24(15-13-22)30(5,6)7/h8-19,27H,1-7H3,(H2,31,32,34)/t27-/m0/s1. The van der Waals surface area contributed by atoms with Crippen LogP contribution < -0.4 is 10.6 Å². The van der Waals surface area contributed by atoms with E-state index < -0.39 is 0 Å². The number of benzene rings is 3. The Balaban J connectivity index is 1.74. The van der Waals surface area contributed by atoms with Crippen LogP contribution in [0.4, 0.5) is 5.69 Å². The van der Waals surface area contributed by atoms with Gasteiger partial charge in [0.2, 0.25) is 0 Å². The van der Waals surface area contributed by atoms with Crippen molar-refractivity contribution in [1.82, 2.24) is 5.32 Å². The summed E-state index contributed by atoms with van der Waals surface area (Å²) in [6, 6.07) is 22.0. The van der Waals surface area contributed by atoms with Crippen LogP contribution in [0.3, 0.4) is 0 Å². The Morgan fingerprint density at radius 1 is 0.882 bits per heavy atom. The number of hydrogen-bond donors (Lipinski definition) is 2. The third kappa shape index (κ3) is 6.32. The molecule has 3 nitrogen and oxygen atoms in total. The van der Waals surface area contributed by atoms with E-state index in [2.05, 4.69) is 77.3 Å². The molecule has 0 amide bonds. The molecular formula is C30H36N2OS. The molecule has 1 atom stereocenters. The van der Waals surface area contributed by atoms with Gasteiger partial charge in [0.1, 0.15) is 0 Å². The SMILES string of the molecule is Cc1ccc([C@@H](NC(=S)Nc2cccc(C(=O)c3ccc(C(C)(C)C)cc3)c2)C(C)C)c(C)c1. The van der Waals surface area contributed by atoms with Crippen molar-refractivity contribution in [2.24, 2.45) is 5.92 Å². The van der Waals surface area contributed by atoms with Gasteiger partial charge in [0, 0.05) is 16.8 Å². The molecule has 3 aromatic rings. The fourth-order valence-corrected chi connectivity index (χ4v) is 4.36. The summed E-state index contributed by atoms with van der Waals surface area (Å²) < 4.78 is 0. The van der Waals surface area contributed by atoms with E-state index in [-0.39, 0.29) is 17.2 Å². The fourth-order valence-electron chi connectivity index (χ4n) is 4.11. The van der Waals surface area contributed by atoms with Crippen molar-refractivity contribution in [2.75, 3.05) is 5.32 Å². The van der Waals surface area contributed by atoms with Gasteiger partial charge in [-0.05, 0) is 66.2 Å². The summed E-state index contributed by atoms with van der Waals surface area (Å²) in [5.41, 5.74) is 7.10.